The van der Waals surface area contributed by atoms with Crippen LogP contribution in [-0.2, 0) is 20.8 Å². The van der Waals surface area contributed by atoms with Crippen LogP contribution in [0.25, 0.3) is 0 Å². The molecule has 1 aliphatic heterocycles. The molecule has 1 N–H and O–H groups in total. The molecule has 0 aromatic heterocycles. The van der Waals surface area contributed by atoms with Gasteiger partial charge in [0.25, 0.3) is 17.7 Å². The van der Waals surface area contributed by atoms with Gasteiger partial charge in [-0.25, -0.2) is 5.48 Å². The van der Waals surface area contributed by atoms with Gasteiger partial charge in [0.1, 0.15) is 12.6 Å². The molecule has 0 radical (unpaired) electrons. The normalized spacial score (nSPS) is 15.3. The number of carbonyl (C=O) groups is 3. The van der Waals surface area contributed by atoms with E-state index in [1.807, 2.05) is 30.3 Å². The fourth-order valence-electron chi connectivity index (χ4n) is 3.52. The molecule has 2 aromatic carbocycles. The quantitative estimate of drug-likeness (QED) is 0.301. The van der Waals surface area contributed by atoms with Crippen LogP contribution in [0.4, 0.5) is 5.69 Å². The molecule has 1 atom stereocenters. The standard InChI is InChI=1S/C25H25N3O4/c1-3-5-15-27-22(17-19-11-7-6-8-12-19)25(31)28(18-23(29)26-32-16-4-2)21-14-10-9-13-20(21)24(27)30/h4,6-14,22H,2,15-18H2,1H3,(H,26,29). The number of hydrogen-bond donors (Lipinski definition) is 1. The van der Waals surface area contributed by atoms with Crippen molar-refractivity contribution in [3.8, 4) is 11.8 Å². The van der Waals surface area contributed by atoms with Crippen molar-refractivity contribution in [2.24, 2.45) is 0 Å². The molecular formula is C25H25N3O4. The summed E-state index contributed by atoms with van der Waals surface area (Å²) in [5, 5.41) is 0. The molecule has 164 valence electrons. The van der Waals surface area contributed by atoms with E-state index in [0.29, 0.717) is 17.7 Å². The van der Waals surface area contributed by atoms with E-state index in [0.717, 1.165) is 5.56 Å². The van der Waals surface area contributed by atoms with E-state index in [2.05, 4.69) is 23.9 Å². The number of hydrogen-bond acceptors (Lipinski definition) is 4. The highest BCUT2D eigenvalue weighted by Gasteiger charge is 2.39. The third kappa shape index (κ3) is 5.23. The number of nitrogens with one attached hydrogen (secondary N) is 1. The molecule has 3 amide bonds. The summed E-state index contributed by atoms with van der Waals surface area (Å²) in [6.07, 6.45) is 1.80. The van der Waals surface area contributed by atoms with Crippen molar-refractivity contribution in [3.05, 3.63) is 78.4 Å². The molecule has 3 rings (SSSR count). The fourth-order valence-corrected chi connectivity index (χ4v) is 3.52. The Bertz CT molecular complexity index is 1060. The van der Waals surface area contributed by atoms with Crippen molar-refractivity contribution in [2.75, 3.05) is 24.6 Å². The van der Waals surface area contributed by atoms with Gasteiger partial charge in [-0.1, -0.05) is 54.5 Å². The Morgan fingerprint density at radius 2 is 1.88 bits per heavy atom. The lowest BCUT2D eigenvalue weighted by atomic mass is 10.0. The molecule has 0 spiro atoms. The number of amides is 3. The minimum atomic E-state index is -0.819. The molecule has 0 aliphatic carbocycles. The number of rotatable bonds is 8. The third-order valence-electron chi connectivity index (χ3n) is 5.00. The summed E-state index contributed by atoms with van der Waals surface area (Å²) in [6.45, 7) is 5.16. The molecule has 0 fully saturated rings. The van der Waals surface area contributed by atoms with Gasteiger partial charge in [-0.05, 0) is 24.6 Å². The van der Waals surface area contributed by atoms with E-state index in [4.69, 9.17) is 4.84 Å². The van der Waals surface area contributed by atoms with Crippen LogP contribution in [0.3, 0.4) is 0 Å². The fraction of sp³-hybridized carbons (Fsp3) is 0.240. The van der Waals surface area contributed by atoms with Gasteiger partial charge in [0.15, 0.2) is 0 Å². The Kier molecular flexibility index (Phi) is 7.79. The summed E-state index contributed by atoms with van der Waals surface area (Å²) in [6, 6.07) is 15.4. The lowest BCUT2D eigenvalue weighted by molar-refractivity contribution is -0.133. The Morgan fingerprint density at radius 3 is 2.59 bits per heavy atom. The molecule has 0 bridgehead atoms. The Balaban J connectivity index is 2.01. The number of anilines is 1. The molecule has 1 aliphatic rings. The van der Waals surface area contributed by atoms with E-state index >= 15 is 0 Å². The number of benzene rings is 2. The summed E-state index contributed by atoms with van der Waals surface area (Å²) in [4.78, 5) is 47.5. The molecule has 1 unspecified atom stereocenters. The maximum atomic E-state index is 13.7. The largest absolute Gasteiger partial charge is 0.315 e. The van der Waals surface area contributed by atoms with Crippen molar-refractivity contribution in [1.29, 1.82) is 0 Å². The lowest BCUT2D eigenvalue weighted by Crippen LogP contribution is -2.51. The van der Waals surface area contributed by atoms with Crippen LogP contribution in [0.2, 0.25) is 0 Å². The highest BCUT2D eigenvalue weighted by molar-refractivity contribution is 6.12. The maximum Gasteiger partial charge on any atom is 0.263 e. The SMILES string of the molecule is C=CCONC(=O)CN1C(=O)C(Cc2ccccc2)N(CC#CC)C(=O)c2ccccc21. The van der Waals surface area contributed by atoms with Crippen molar-refractivity contribution < 1.29 is 19.2 Å². The van der Waals surface area contributed by atoms with E-state index in [9.17, 15) is 14.4 Å². The van der Waals surface area contributed by atoms with Crippen LogP contribution in [0.1, 0.15) is 22.8 Å². The average Bonchev–Trinajstić information content (AvgIpc) is 2.89. The zero-order valence-corrected chi connectivity index (χ0v) is 17.9. The second-order valence-electron chi connectivity index (χ2n) is 7.13. The van der Waals surface area contributed by atoms with Crippen molar-refractivity contribution in [2.45, 2.75) is 19.4 Å². The highest BCUT2D eigenvalue weighted by atomic mass is 16.6. The summed E-state index contributed by atoms with van der Waals surface area (Å²) < 4.78 is 0. The average molecular weight is 431 g/mol. The van der Waals surface area contributed by atoms with Gasteiger partial charge in [0.05, 0.1) is 24.4 Å². The molecule has 7 nitrogen and oxygen atoms in total. The van der Waals surface area contributed by atoms with Gasteiger partial charge >= 0.3 is 0 Å². The first-order valence-corrected chi connectivity index (χ1v) is 10.2. The first kappa shape index (κ1) is 22.8. The van der Waals surface area contributed by atoms with Crippen LogP contribution in [-0.4, -0.2) is 48.4 Å². The first-order valence-electron chi connectivity index (χ1n) is 10.2. The molecule has 0 saturated heterocycles. The lowest BCUT2D eigenvalue weighted by Gasteiger charge is -2.29. The molecule has 0 saturated carbocycles. The van der Waals surface area contributed by atoms with E-state index in [1.165, 1.54) is 15.9 Å². The number of carbonyl (C=O) groups excluding carboxylic acids is 3. The maximum absolute atomic E-state index is 13.7. The number of nitrogens with zero attached hydrogens (tertiary/aromatic N) is 2. The Hall–Kier alpha value is -3.89. The molecular weight excluding hydrogens is 406 g/mol. The number of fused-ring (bicyclic) bond motifs is 1. The van der Waals surface area contributed by atoms with Gasteiger partial charge in [0, 0.05) is 6.42 Å². The predicted molar refractivity (Wildman–Crippen MR) is 122 cm³/mol. The zero-order chi connectivity index (χ0) is 22.9. The highest BCUT2D eigenvalue weighted by Crippen LogP contribution is 2.29. The van der Waals surface area contributed by atoms with Gasteiger partial charge in [-0.15, -0.1) is 12.5 Å². The molecule has 1 heterocycles. The van der Waals surface area contributed by atoms with Crippen LogP contribution in [0.5, 0.6) is 0 Å². The second-order valence-corrected chi connectivity index (χ2v) is 7.13. The minimum Gasteiger partial charge on any atom is -0.315 e. The van der Waals surface area contributed by atoms with Crippen LogP contribution < -0.4 is 10.4 Å². The summed E-state index contributed by atoms with van der Waals surface area (Å²) in [7, 11) is 0. The zero-order valence-electron chi connectivity index (χ0n) is 17.9. The molecule has 32 heavy (non-hydrogen) atoms. The van der Waals surface area contributed by atoms with Gasteiger partial charge in [-0.2, -0.15) is 0 Å². The molecule has 7 heteroatoms. The minimum absolute atomic E-state index is 0.107. The van der Waals surface area contributed by atoms with Crippen LogP contribution in [0, 0.1) is 11.8 Å². The van der Waals surface area contributed by atoms with E-state index in [1.54, 1.807) is 31.2 Å². The Labute approximate surface area is 187 Å². The second kappa shape index (κ2) is 10.9. The van der Waals surface area contributed by atoms with E-state index < -0.39 is 11.9 Å². The van der Waals surface area contributed by atoms with Crippen molar-refractivity contribution in [1.82, 2.24) is 10.4 Å². The van der Waals surface area contributed by atoms with E-state index in [-0.39, 0.29) is 31.5 Å². The molecule has 2 aromatic rings. The van der Waals surface area contributed by atoms with Crippen LogP contribution >= 0.6 is 0 Å². The van der Waals surface area contributed by atoms with Gasteiger partial charge in [-0.3, -0.25) is 19.2 Å². The van der Waals surface area contributed by atoms with Crippen LogP contribution in [0.15, 0.2) is 67.3 Å². The van der Waals surface area contributed by atoms with Crippen molar-refractivity contribution in [3.63, 3.8) is 0 Å². The monoisotopic (exact) mass is 431 g/mol. The summed E-state index contributed by atoms with van der Waals surface area (Å²) in [5.41, 5.74) is 3.92. The summed E-state index contributed by atoms with van der Waals surface area (Å²) >= 11 is 0. The Morgan fingerprint density at radius 1 is 1.16 bits per heavy atom. The van der Waals surface area contributed by atoms with Gasteiger partial charge < -0.3 is 9.80 Å². The first-order chi connectivity index (χ1) is 15.6. The van der Waals surface area contributed by atoms with Crippen molar-refractivity contribution >= 4 is 23.4 Å². The third-order valence-corrected chi connectivity index (χ3v) is 5.00. The number of para-hydroxylation sites is 1. The van der Waals surface area contributed by atoms with Gasteiger partial charge in [0.2, 0.25) is 0 Å². The smallest absolute Gasteiger partial charge is 0.263 e. The summed E-state index contributed by atoms with van der Waals surface area (Å²) in [5.74, 6) is 4.53. The predicted octanol–water partition coefficient (Wildman–Crippen LogP) is 2.34. The topological polar surface area (TPSA) is 79.0 Å². The number of hydroxylamine groups is 1.